The van der Waals surface area contributed by atoms with Crippen LogP contribution in [0.1, 0.15) is 49.2 Å². The van der Waals surface area contributed by atoms with Gasteiger partial charge in [0.1, 0.15) is 0 Å². The topological polar surface area (TPSA) is 37.4 Å². The summed E-state index contributed by atoms with van der Waals surface area (Å²) >= 11 is 1.86. The minimum Gasteiger partial charge on any atom is -0.379 e. The first-order chi connectivity index (χ1) is 10.3. The second-order valence-corrected chi connectivity index (χ2v) is 7.26. The lowest BCUT2D eigenvalue weighted by molar-refractivity contribution is 0.131. The third-order valence-corrected chi connectivity index (χ3v) is 5.66. The molecular weight excluding hydrogens is 282 g/mol. The van der Waals surface area contributed by atoms with Crippen molar-refractivity contribution in [3.63, 3.8) is 0 Å². The fourth-order valence-corrected chi connectivity index (χ4v) is 4.05. The summed E-state index contributed by atoms with van der Waals surface area (Å²) < 4.78 is 5.73. The van der Waals surface area contributed by atoms with Crippen molar-refractivity contribution in [1.82, 2.24) is 10.3 Å². The lowest BCUT2D eigenvalue weighted by Gasteiger charge is -2.21. The Hall–Kier alpha value is -0.650. The number of ether oxygens (including phenoxy) is 1. The normalized spacial score (nSPS) is 21.3. The van der Waals surface area contributed by atoms with Gasteiger partial charge in [0.2, 0.25) is 0 Å². The Morgan fingerprint density at radius 3 is 3.00 bits per heavy atom. The number of hydrogen-bond acceptors (Lipinski definition) is 5. The van der Waals surface area contributed by atoms with Crippen LogP contribution in [0, 0.1) is 5.92 Å². The van der Waals surface area contributed by atoms with Crippen LogP contribution in [0.2, 0.25) is 0 Å². The zero-order valence-corrected chi connectivity index (χ0v) is 14.0. The fourth-order valence-electron chi connectivity index (χ4n) is 2.84. The number of rotatable bonds is 8. The number of nitrogens with one attached hydrogen (secondary N) is 1. The maximum absolute atomic E-state index is 5.73. The van der Waals surface area contributed by atoms with Crippen molar-refractivity contribution >= 4 is 16.5 Å². The molecule has 1 aromatic rings. The summed E-state index contributed by atoms with van der Waals surface area (Å²) in [5.74, 6) is 0.850. The average Bonchev–Trinajstić information content (AvgIpc) is 3.20. The van der Waals surface area contributed by atoms with Gasteiger partial charge in [-0.25, -0.2) is 4.98 Å². The van der Waals surface area contributed by atoms with Gasteiger partial charge in [-0.2, -0.15) is 0 Å². The highest BCUT2D eigenvalue weighted by molar-refractivity contribution is 7.15. The summed E-state index contributed by atoms with van der Waals surface area (Å²) in [5.41, 5.74) is 1.32. The zero-order valence-electron chi connectivity index (χ0n) is 13.2. The van der Waals surface area contributed by atoms with Crippen LogP contribution in [0.15, 0.2) is 0 Å². The van der Waals surface area contributed by atoms with Gasteiger partial charge in [-0.15, -0.1) is 0 Å². The molecule has 0 spiro atoms. The second-order valence-electron chi connectivity index (χ2n) is 6.25. The monoisotopic (exact) mass is 309 g/mol. The van der Waals surface area contributed by atoms with Gasteiger partial charge in [0.15, 0.2) is 5.13 Å². The van der Waals surface area contributed by atoms with E-state index in [0.717, 1.165) is 43.8 Å². The van der Waals surface area contributed by atoms with Gasteiger partial charge in [-0.05, 0) is 44.6 Å². The first kappa shape index (κ1) is 15.3. The Bertz CT molecular complexity index is 458. The maximum Gasteiger partial charge on any atom is 0.185 e. The summed E-state index contributed by atoms with van der Waals surface area (Å²) in [7, 11) is 2.13. The molecule has 0 aliphatic heterocycles. The van der Waals surface area contributed by atoms with E-state index in [1.54, 1.807) is 0 Å². The quantitative estimate of drug-likeness (QED) is 0.749. The van der Waals surface area contributed by atoms with E-state index in [-0.39, 0.29) is 0 Å². The van der Waals surface area contributed by atoms with Gasteiger partial charge in [-0.3, -0.25) is 0 Å². The molecule has 1 heterocycles. The van der Waals surface area contributed by atoms with Crippen LogP contribution in [0.25, 0.3) is 0 Å². The molecule has 0 amide bonds. The Labute approximate surface area is 131 Å². The Morgan fingerprint density at radius 2 is 2.24 bits per heavy atom. The van der Waals surface area contributed by atoms with E-state index in [2.05, 4.69) is 24.2 Å². The highest BCUT2D eigenvalue weighted by Crippen LogP contribution is 2.37. The molecule has 21 heavy (non-hydrogen) atoms. The number of aromatic nitrogens is 1. The van der Waals surface area contributed by atoms with E-state index in [1.165, 1.54) is 36.3 Å². The van der Waals surface area contributed by atoms with E-state index in [9.17, 15) is 0 Å². The number of hydrogen-bond donors (Lipinski definition) is 1. The van der Waals surface area contributed by atoms with E-state index in [0.29, 0.717) is 6.04 Å². The number of nitrogens with zero attached hydrogens (tertiary/aromatic N) is 2. The lowest BCUT2D eigenvalue weighted by atomic mass is 9.98. The van der Waals surface area contributed by atoms with E-state index >= 15 is 0 Å². The molecule has 1 aromatic heterocycles. The standard InChI is InChI=1S/C16H27N3OS/c1-3-17-13-5-4-6-14-15(13)21-16(18-14)19(2)9-10-20-11-12-7-8-12/h12-13,17H,3-11H2,1-2H3. The molecule has 0 radical (unpaired) electrons. The minimum atomic E-state index is 0.518. The highest BCUT2D eigenvalue weighted by Gasteiger charge is 2.25. The lowest BCUT2D eigenvalue weighted by Crippen LogP contribution is -2.23. The van der Waals surface area contributed by atoms with Crippen molar-refractivity contribution in [2.24, 2.45) is 5.92 Å². The predicted molar refractivity (Wildman–Crippen MR) is 88.3 cm³/mol. The molecule has 1 saturated carbocycles. The molecule has 0 aromatic carbocycles. The number of anilines is 1. The second kappa shape index (κ2) is 7.07. The Balaban J connectivity index is 1.54. The summed E-state index contributed by atoms with van der Waals surface area (Å²) in [6, 6.07) is 0.518. The molecule has 1 atom stereocenters. The molecule has 5 heteroatoms. The van der Waals surface area contributed by atoms with Crippen LogP contribution in [-0.4, -0.2) is 38.3 Å². The van der Waals surface area contributed by atoms with Crippen molar-refractivity contribution in [1.29, 1.82) is 0 Å². The SMILES string of the molecule is CCNC1CCCc2nc(N(C)CCOCC3CC3)sc21. The molecule has 0 bridgehead atoms. The fraction of sp³-hybridized carbons (Fsp3) is 0.812. The highest BCUT2D eigenvalue weighted by atomic mass is 32.1. The van der Waals surface area contributed by atoms with Crippen molar-refractivity contribution < 1.29 is 4.74 Å². The van der Waals surface area contributed by atoms with Crippen LogP contribution in [0.4, 0.5) is 5.13 Å². The maximum atomic E-state index is 5.73. The third kappa shape index (κ3) is 3.96. The Morgan fingerprint density at radius 1 is 1.38 bits per heavy atom. The van der Waals surface area contributed by atoms with E-state index in [4.69, 9.17) is 9.72 Å². The molecule has 4 nitrogen and oxygen atoms in total. The van der Waals surface area contributed by atoms with Crippen LogP contribution in [-0.2, 0) is 11.2 Å². The molecule has 2 aliphatic rings. The molecule has 0 saturated heterocycles. The number of likely N-dealkylation sites (N-methyl/N-ethyl adjacent to an activating group) is 1. The third-order valence-electron chi connectivity index (χ3n) is 4.34. The molecule has 1 N–H and O–H groups in total. The van der Waals surface area contributed by atoms with Crippen molar-refractivity contribution in [3.8, 4) is 0 Å². The number of fused-ring (bicyclic) bond motifs is 1. The summed E-state index contributed by atoms with van der Waals surface area (Å²) in [6.07, 6.45) is 6.36. The van der Waals surface area contributed by atoms with E-state index < -0.39 is 0 Å². The first-order valence-electron chi connectivity index (χ1n) is 8.29. The first-order valence-corrected chi connectivity index (χ1v) is 9.11. The smallest absolute Gasteiger partial charge is 0.185 e. The molecule has 3 rings (SSSR count). The van der Waals surface area contributed by atoms with Crippen molar-refractivity contribution in [2.45, 2.75) is 45.1 Å². The van der Waals surface area contributed by atoms with Crippen LogP contribution in [0.5, 0.6) is 0 Å². The molecule has 2 aliphatic carbocycles. The number of aryl methyl sites for hydroxylation is 1. The molecule has 1 fully saturated rings. The summed E-state index contributed by atoms with van der Waals surface area (Å²) in [6.45, 7) is 5.91. The summed E-state index contributed by atoms with van der Waals surface area (Å²) in [4.78, 5) is 8.57. The van der Waals surface area contributed by atoms with Gasteiger partial charge in [0, 0.05) is 31.1 Å². The predicted octanol–water partition coefficient (Wildman–Crippen LogP) is 2.99. The Kier molecular flexibility index (Phi) is 5.14. The van der Waals surface area contributed by atoms with E-state index in [1.807, 2.05) is 11.3 Å². The largest absolute Gasteiger partial charge is 0.379 e. The van der Waals surface area contributed by atoms with Gasteiger partial charge in [-0.1, -0.05) is 18.3 Å². The van der Waals surface area contributed by atoms with Gasteiger partial charge < -0.3 is 15.0 Å². The van der Waals surface area contributed by atoms with Crippen molar-refractivity contribution in [2.75, 3.05) is 38.3 Å². The summed E-state index contributed by atoms with van der Waals surface area (Å²) in [5, 5.41) is 4.74. The number of thiazole rings is 1. The van der Waals surface area contributed by atoms with Gasteiger partial charge >= 0.3 is 0 Å². The minimum absolute atomic E-state index is 0.518. The average molecular weight is 309 g/mol. The molecule has 1 unspecified atom stereocenters. The van der Waals surface area contributed by atoms with Crippen LogP contribution >= 0.6 is 11.3 Å². The van der Waals surface area contributed by atoms with Gasteiger partial charge in [0.05, 0.1) is 12.3 Å². The molecular formula is C16H27N3OS. The van der Waals surface area contributed by atoms with Gasteiger partial charge in [0.25, 0.3) is 0 Å². The van der Waals surface area contributed by atoms with Crippen LogP contribution in [0.3, 0.4) is 0 Å². The van der Waals surface area contributed by atoms with Crippen molar-refractivity contribution in [3.05, 3.63) is 10.6 Å². The zero-order chi connectivity index (χ0) is 14.7. The molecule has 118 valence electrons. The van der Waals surface area contributed by atoms with Crippen LogP contribution < -0.4 is 10.2 Å².